The van der Waals surface area contributed by atoms with Crippen LogP contribution in [0.5, 0.6) is 0 Å². The van der Waals surface area contributed by atoms with Crippen LogP contribution in [0, 0.1) is 0 Å². The van der Waals surface area contributed by atoms with Crippen LogP contribution in [-0.2, 0) is 23.9 Å². The average molecular weight is 256 g/mol. The fraction of sp³-hybridized carbons (Fsp3) is 0.250. The first-order valence-corrected chi connectivity index (χ1v) is 4.75. The molecule has 6 nitrogen and oxygen atoms in total. The monoisotopic (exact) mass is 256 g/mol. The van der Waals surface area contributed by atoms with E-state index >= 15 is 0 Å². The third-order valence-corrected chi connectivity index (χ3v) is 1.47. The standard InChI is InChI=1S/C8H10O4.C4H6O2/c1-6(8(11)12-2)4-3-5-7(9)10;1-3-4(5)6-2/h3,5H,1,4H2,2H3,(H,9,10);3H,1H2,2H3. The molecule has 0 aromatic carbocycles. The number of esters is 2. The maximum Gasteiger partial charge on any atom is 0.333 e. The van der Waals surface area contributed by atoms with Crippen LogP contribution < -0.4 is 0 Å². The highest BCUT2D eigenvalue weighted by Crippen LogP contribution is 2.00. The Morgan fingerprint density at radius 1 is 1.22 bits per heavy atom. The highest BCUT2D eigenvalue weighted by molar-refractivity contribution is 5.88. The van der Waals surface area contributed by atoms with Crippen molar-refractivity contribution in [1.82, 2.24) is 0 Å². The molecule has 1 N–H and O–H groups in total. The van der Waals surface area contributed by atoms with Gasteiger partial charge >= 0.3 is 17.9 Å². The molecular weight excluding hydrogens is 240 g/mol. The molecule has 0 spiro atoms. The van der Waals surface area contributed by atoms with Gasteiger partial charge in [0.2, 0.25) is 0 Å². The minimum atomic E-state index is -1.05. The Morgan fingerprint density at radius 2 is 1.78 bits per heavy atom. The van der Waals surface area contributed by atoms with Crippen molar-refractivity contribution in [2.75, 3.05) is 14.2 Å². The van der Waals surface area contributed by atoms with E-state index in [-0.39, 0.29) is 12.0 Å². The van der Waals surface area contributed by atoms with Crippen LogP contribution in [0.4, 0.5) is 0 Å². The van der Waals surface area contributed by atoms with Crippen LogP contribution >= 0.6 is 0 Å². The van der Waals surface area contributed by atoms with Crippen molar-refractivity contribution >= 4 is 17.9 Å². The van der Waals surface area contributed by atoms with Gasteiger partial charge < -0.3 is 14.6 Å². The van der Waals surface area contributed by atoms with Gasteiger partial charge in [-0.1, -0.05) is 19.2 Å². The maximum atomic E-state index is 10.7. The molecule has 0 radical (unpaired) electrons. The lowest BCUT2D eigenvalue weighted by Crippen LogP contribution is -2.02. The van der Waals surface area contributed by atoms with Gasteiger partial charge in [-0.15, -0.1) is 0 Å². The quantitative estimate of drug-likeness (QED) is 0.585. The summed E-state index contributed by atoms with van der Waals surface area (Å²) in [4.78, 5) is 30.5. The molecule has 0 atom stereocenters. The van der Waals surface area contributed by atoms with Crippen LogP contribution in [0.15, 0.2) is 37.0 Å². The molecule has 0 rings (SSSR count). The molecule has 0 bridgehead atoms. The van der Waals surface area contributed by atoms with E-state index in [4.69, 9.17) is 5.11 Å². The van der Waals surface area contributed by atoms with Gasteiger partial charge in [0.05, 0.1) is 14.2 Å². The molecule has 0 fully saturated rings. The number of ether oxygens (including phenoxy) is 2. The van der Waals surface area contributed by atoms with E-state index in [1.54, 1.807) is 0 Å². The molecule has 0 saturated heterocycles. The Balaban J connectivity index is 0. The summed E-state index contributed by atoms with van der Waals surface area (Å²) >= 11 is 0. The Morgan fingerprint density at radius 3 is 2.06 bits per heavy atom. The first kappa shape index (κ1) is 18.0. The number of rotatable bonds is 5. The van der Waals surface area contributed by atoms with Crippen LogP contribution in [0.25, 0.3) is 0 Å². The van der Waals surface area contributed by atoms with E-state index in [1.807, 2.05) is 0 Å². The van der Waals surface area contributed by atoms with Crippen molar-refractivity contribution < 1.29 is 29.0 Å². The summed E-state index contributed by atoms with van der Waals surface area (Å²) in [6.07, 6.45) is 3.59. The third kappa shape index (κ3) is 11.7. The first-order valence-electron chi connectivity index (χ1n) is 4.75. The molecule has 0 aromatic rings. The number of hydrogen-bond acceptors (Lipinski definition) is 5. The van der Waals surface area contributed by atoms with Crippen LogP contribution in [-0.4, -0.2) is 37.2 Å². The first-order chi connectivity index (χ1) is 8.38. The average Bonchev–Trinajstić information content (AvgIpc) is 2.36. The zero-order valence-electron chi connectivity index (χ0n) is 10.3. The van der Waals surface area contributed by atoms with E-state index < -0.39 is 17.9 Å². The minimum Gasteiger partial charge on any atom is -0.478 e. The van der Waals surface area contributed by atoms with E-state index in [0.29, 0.717) is 0 Å². The molecular formula is C12H16O6. The number of hydrogen-bond donors (Lipinski definition) is 1. The minimum absolute atomic E-state index is 0.193. The number of allylic oxidation sites excluding steroid dienone is 1. The molecule has 0 heterocycles. The highest BCUT2D eigenvalue weighted by Gasteiger charge is 2.03. The highest BCUT2D eigenvalue weighted by atomic mass is 16.5. The van der Waals surface area contributed by atoms with Crippen molar-refractivity contribution in [3.05, 3.63) is 37.0 Å². The predicted molar refractivity (Wildman–Crippen MR) is 64.8 cm³/mol. The van der Waals surface area contributed by atoms with Gasteiger partial charge in [-0.3, -0.25) is 0 Å². The fourth-order valence-electron chi connectivity index (χ4n) is 0.613. The number of methoxy groups -OCH3 is 2. The number of carboxylic acid groups (broad SMARTS) is 1. The van der Waals surface area contributed by atoms with Gasteiger partial charge in [0, 0.05) is 17.7 Å². The second-order valence-electron chi connectivity index (χ2n) is 2.77. The van der Waals surface area contributed by atoms with Crippen LogP contribution in [0.1, 0.15) is 6.42 Å². The Bertz CT molecular complexity index is 354. The van der Waals surface area contributed by atoms with E-state index in [2.05, 4.69) is 22.6 Å². The number of aliphatic carboxylic acids is 1. The zero-order chi connectivity index (χ0) is 14.6. The predicted octanol–water partition coefficient (Wildman–Crippen LogP) is 1.09. The van der Waals surface area contributed by atoms with Crippen LogP contribution in [0.2, 0.25) is 0 Å². The smallest absolute Gasteiger partial charge is 0.333 e. The lowest BCUT2D eigenvalue weighted by atomic mass is 10.2. The summed E-state index contributed by atoms with van der Waals surface area (Å²) in [7, 11) is 2.55. The van der Waals surface area contributed by atoms with E-state index in [1.165, 1.54) is 20.3 Å². The van der Waals surface area contributed by atoms with E-state index in [9.17, 15) is 14.4 Å². The molecule has 0 aromatic heterocycles. The second kappa shape index (κ2) is 11.1. The molecule has 18 heavy (non-hydrogen) atoms. The second-order valence-corrected chi connectivity index (χ2v) is 2.77. The summed E-state index contributed by atoms with van der Waals surface area (Å²) < 4.78 is 8.49. The van der Waals surface area contributed by atoms with Crippen molar-refractivity contribution in [3.8, 4) is 0 Å². The van der Waals surface area contributed by atoms with Gasteiger partial charge in [0.1, 0.15) is 0 Å². The van der Waals surface area contributed by atoms with Crippen molar-refractivity contribution in [3.63, 3.8) is 0 Å². The maximum absolute atomic E-state index is 10.7. The number of carbonyl (C=O) groups excluding carboxylic acids is 2. The third-order valence-electron chi connectivity index (χ3n) is 1.47. The molecule has 0 aliphatic rings. The summed E-state index contributed by atoms with van der Waals surface area (Å²) in [5, 5.41) is 8.19. The molecule has 0 saturated carbocycles. The molecule has 0 aliphatic carbocycles. The van der Waals surface area contributed by atoms with Gasteiger partial charge in [0.25, 0.3) is 0 Å². The lowest BCUT2D eigenvalue weighted by Gasteiger charge is -1.97. The molecule has 100 valence electrons. The summed E-state index contributed by atoms with van der Waals surface area (Å²) in [5.74, 6) is -1.97. The zero-order valence-corrected chi connectivity index (χ0v) is 10.3. The molecule has 0 unspecified atom stereocenters. The van der Waals surface area contributed by atoms with Crippen LogP contribution in [0.3, 0.4) is 0 Å². The van der Waals surface area contributed by atoms with Crippen molar-refractivity contribution in [1.29, 1.82) is 0 Å². The lowest BCUT2D eigenvalue weighted by molar-refractivity contribution is -0.136. The molecule has 0 aliphatic heterocycles. The Hall–Kier alpha value is -2.37. The number of carbonyl (C=O) groups is 3. The largest absolute Gasteiger partial charge is 0.478 e. The Kier molecular flexibility index (Phi) is 11.1. The van der Waals surface area contributed by atoms with E-state index in [0.717, 1.165) is 12.2 Å². The molecule has 6 heteroatoms. The Labute approximate surface area is 105 Å². The van der Waals surface area contributed by atoms with Gasteiger partial charge in [-0.25, -0.2) is 14.4 Å². The van der Waals surface area contributed by atoms with Crippen molar-refractivity contribution in [2.45, 2.75) is 6.42 Å². The van der Waals surface area contributed by atoms with Gasteiger partial charge in [-0.05, 0) is 6.42 Å². The fourth-order valence-corrected chi connectivity index (χ4v) is 0.613. The SMILES string of the molecule is C=C(CC=CC(=O)O)C(=O)OC.C=CC(=O)OC. The summed E-state index contributed by atoms with van der Waals surface area (Å²) in [6, 6.07) is 0. The van der Waals surface area contributed by atoms with Gasteiger partial charge in [0.15, 0.2) is 0 Å². The topological polar surface area (TPSA) is 89.9 Å². The van der Waals surface area contributed by atoms with Crippen molar-refractivity contribution in [2.24, 2.45) is 0 Å². The van der Waals surface area contributed by atoms with Gasteiger partial charge in [-0.2, -0.15) is 0 Å². The normalized spacial score (nSPS) is 8.78. The summed E-state index contributed by atoms with van der Waals surface area (Å²) in [5.41, 5.74) is 0.231. The summed E-state index contributed by atoms with van der Waals surface area (Å²) in [6.45, 7) is 6.56. The number of carboxylic acids is 1. The molecule has 0 amide bonds.